The quantitative estimate of drug-likeness (QED) is 0.193. The molecular formula is C24H20N4O4S2. The van der Waals surface area contributed by atoms with Gasteiger partial charge in [-0.1, -0.05) is 23.5 Å². The molecule has 2 aromatic heterocycles. The number of ether oxygens (including phenoxy) is 4. The Morgan fingerprint density at radius 2 is 0.765 bits per heavy atom. The molecule has 0 N–H and O–H groups in total. The average molecular weight is 493 g/mol. The van der Waals surface area contributed by atoms with Gasteiger partial charge in [0.05, 0.1) is 12.1 Å². The Morgan fingerprint density at radius 3 is 1.03 bits per heavy atom. The van der Waals surface area contributed by atoms with Crippen LogP contribution in [-0.4, -0.2) is 32.4 Å². The maximum atomic E-state index is 6.08. The summed E-state index contributed by atoms with van der Waals surface area (Å²) < 4.78 is 24.3. The molecule has 172 valence electrons. The Labute approximate surface area is 205 Å². The van der Waals surface area contributed by atoms with Crippen LogP contribution in [-0.2, 0) is 0 Å². The van der Waals surface area contributed by atoms with Crippen LogP contribution in [0.1, 0.15) is 11.1 Å². The van der Waals surface area contributed by atoms with Crippen LogP contribution in [0.15, 0.2) is 58.8 Å². The lowest BCUT2D eigenvalue weighted by atomic mass is 10.2. The molecule has 0 amide bonds. The van der Waals surface area contributed by atoms with Crippen molar-refractivity contribution in [2.75, 3.05) is 12.5 Å². The van der Waals surface area contributed by atoms with Crippen LogP contribution < -0.4 is 18.9 Å². The van der Waals surface area contributed by atoms with Crippen molar-refractivity contribution < 1.29 is 18.9 Å². The summed E-state index contributed by atoms with van der Waals surface area (Å²) in [4.78, 5) is 17.8. The SMILES string of the molecule is CSc1nc2cc(n1)Oc1cc(C)cc(c1)Oc1cc(nc(SC)n1)Oc1cc(C)cc(c1)O2. The third kappa shape index (κ3) is 5.18. The Bertz CT molecular complexity index is 1190. The molecule has 0 fully saturated rings. The number of hydrogen-bond donors (Lipinski definition) is 0. The molecule has 0 saturated carbocycles. The Hall–Kier alpha value is -3.50. The number of aryl methyl sites for hydroxylation is 2. The van der Waals surface area contributed by atoms with Crippen LogP contribution in [0.2, 0.25) is 0 Å². The molecule has 0 aliphatic carbocycles. The van der Waals surface area contributed by atoms with Gasteiger partial charge in [-0.25, -0.2) is 0 Å². The molecule has 4 aromatic rings. The van der Waals surface area contributed by atoms with E-state index in [0.717, 1.165) is 11.1 Å². The van der Waals surface area contributed by atoms with Crippen molar-refractivity contribution in [1.29, 1.82) is 0 Å². The van der Waals surface area contributed by atoms with Gasteiger partial charge in [0, 0.05) is 12.1 Å². The van der Waals surface area contributed by atoms with Gasteiger partial charge in [-0.2, -0.15) is 19.9 Å². The fourth-order valence-electron chi connectivity index (χ4n) is 3.31. The summed E-state index contributed by atoms with van der Waals surface area (Å²) in [6.45, 7) is 3.91. The Balaban J connectivity index is 1.67. The zero-order chi connectivity index (χ0) is 23.7. The van der Waals surface area contributed by atoms with Gasteiger partial charge in [-0.15, -0.1) is 0 Å². The monoisotopic (exact) mass is 492 g/mol. The van der Waals surface area contributed by atoms with Crippen LogP contribution in [0, 0.1) is 13.8 Å². The smallest absolute Gasteiger partial charge is 0.227 e. The Morgan fingerprint density at radius 1 is 0.471 bits per heavy atom. The predicted octanol–water partition coefficient (Wildman–Crippen LogP) is 6.81. The second-order valence-corrected chi connectivity index (χ2v) is 8.98. The zero-order valence-corrected chi connectivity index (χ0v) is 20.5. The number of hydrogen-bond acceptors (Lipinski definition) is 10. The highest BCUT2D eigenvalue weighted by Crippen LogP contribution is 2.35. The van der Waals surface area contributed by atoms with Gasteiger partial charge in [0.15, 0.2) is 10.3 Å². The largest absolute Gasteiger partial charge is 0.439 e. The van der Waals surface area contributed by atoms with Gasteiger partial charge in [0.2, 0.25) is 23.5 Å². The van der Waals surface area contributed by atoms with Gasteiger partial charge >= 0.3 is 0 Å². The highest BCUT2D eigenvalue weighted by Gasteiger charge is 2.14. The summed E-state index contributed by atoms with van der Waals surface area (Å²) in [5.74, 6) is 3.68. The lowest BCUT2D eigenvalue weighted by Gasteiger charge is -2.14. The van der Waals surface area contributed by atoms with E-state index in [0.29, 0.717) is 56.8 Å². The maximum absolute atomic E-state index is 6.08. The van der Waals surface area contributed by atoms with Gasteiger partial charge < -0.3 is 18.9 Å². The standard InChI is InChI=1S/C24H20N4O4S2/c1-13-5-15-9-16(6-13)30-20-12-22(28-24(26-20)34-4)32-18-8-14(2)7-17(10-18)31-21-11-19(29-15)25-23(27-21)33-3/h5-12H,1-4H3. The first-order valence-corrected chi connectivity index (χ1v) is 12.7. The van der Waals surface area contributed by atoms with Crippen molar-refractivity contribution in [3.05, 3.63) is 59.7 Å². The van der Waals surface area contributed by atoms with Crippen molar-refractivity contribution >= 4 is 23.5 Å². The summed E-state index contributed by atoms with van der Waals surface area (Å²) in [7, 11) is 0. The topological polar surface area (TPSA) is 88.5 Å². The third-order valence-corrected chi connectivity index (χ3v) is 5.72. The van der Waals surface area contributed by atoms with E-state index in [2.05, 4.69) is 19.9 Å². The van der Waals surface area contributed by atoms with E-state index in [1.165, 1.54) is 23.5 Å². The van der Waals surface area contributed by atoms with Gasteiger partial charge in [0.25, 0.3) is 0 Å². The lowest BCUT2D eigenvalue weighted by molar-refractivity contribution is 0.405. The highest BCUT2D eigenvalue weighted by atomic mass is 32.2. The molecule has 1 aliphatic heterocycles. The van der Waals surface area contributed by atoms with Crippen LogP contribution in [0.25, 0.3) is 0 Å². The molecule has 0 radical (unpaired) electrons. The van der Waals surface area contributed by atoms with Gasteiger partial charge in [0.1, 0.15) is 23.0 Å². The van der Waals surface area contributed by atoms with Crippen LogP contribution in [0.3, 0.4) is 0 Å². The maximum Gasteiger partial charge on any atom is 0.227 e. The van der Waals surface area contributed by atoms with E-state index in [1.807, 2.05) is 50.6 Å². The molecule has 10 heteroatoms. The van der Waals surface area contributed by atoms with E-state index in [9.17, 15) is 0 Å². The number of nitrogens with zero attached hydrogens (tertiary/aromatic N) is 4. The second-order valence-electron chi connectivity index (χ2n) is 7.43. The summed E-state index contributed by atoms with van der Waals surface area (Å²) in [6.07, 6.45) is 3.78. The minimum Gasteiger partial charge on any atom is -0.439 e. The average Bonchev–Trinajstić information content (AvgIpc) is 2.77. The van der Waals surface area contributed by atoms with E-state index in [1.54, 1.807) is 24.3 Å². The molecule has 2 aromatic carbocycles. The fourth-order valence-corrected chi connectivity index (χ4v) is 4.03. The normalized spacial score (nSPS) is 12.1. The molecule has 1 aliphatic rings. The highest BCUT2D eigenvalue weighted by molar-refractivity contribution is 7.98. The molecule has 3 heterocycles. The van der Waals surface area contributed by atoms with Crippen molar-refractivity contribution in [2.45, 2.75) is 24.2 Å². The van der Waals surface area contributed by atoms with Crippen LogP contribution in [0.5, 0.6) is 46.5 Å². The van der Waals surface area contributed by atoms with E-state index < -0.39 is 0 Å². The van der Waals surface area contributed by atoms with E-state index in [4.69, 9.17) is 18.9 Å². The zero-order valence-electron chi connectivity index (χ0n) is 18.9. The molecule has 0 unspecified atom stereocenters. The van der Waals surface area contributed by atoms with Gasteiger partial charge in [-0.3, -0.25) is 0 Å². The number of fused-ring (bicyclic) bond motifs is 8. The summed E-state index contributed by atoms with van der Waals surface area (Å²) >= 11 is 2.79. The molecule has 8 bridgehead atoms. The summed E-state index contributed by atoms with van der Waals surface area (Å²) in [5, 5.41) is 1.05. The molecule has 8 nitrogen and oxygen atoms in total. The van der Waals surface area contributed by atoms with Crippen LogP contribution >= 0.6 is 23.5 Å². The first-order valence-electron chi connectivity index (χ1n) is 10.3. The molecule has 0 atom stereocenters. The van der Waals surface area contributed by atoms with Crippen molar-refractivity contribution in [3.8, 4) is 46.5 Å². The fraction of sp³-hybridized carbons (Fsp3) is 0.167. The molecule has 0 saturated heterocycles. The number of rotatable bonds is 2. The van der Waals surface area contributed by atoms with Gasteiger partial charge in [-0.05, 0) is 61.8 Å². The molecule has 34 heavy (non-hydrogen) atoms. The predicted molar refractivity (Wildman–Crippen MR) is 130 cm³/mol. The van der Waals surface area contributed by atoms with E-state index >= 15 is 0 Å². The van der Waals surface area contributed by atoms with Crippen molar-refractivity contribution in [3.63, 3.8) is 0 Å². The van der Waals surface area contributed by atoms with Crippen LogP contribution in [0.4, 0.5) is 0 Å². The number of aromatic nitrogens is 4. The first-order chi connectivity index (χ1) is 16.4. The number of thioether (sulfide) groups is 2. The number of benzene rings is 2. The molecule has 5 rings (SSSR count). The van der Waals surface area contributed by atoms with Crippen molar-refractivity contribution in [2.24, 2.45) is 0 Å². The molecular weight excluding hydrogens is 472 g/mol. The Kier molecular flexibility index (Phi) is 6.16. The molecule has 0 spiro atoms. The first kappa shape index (κ1) is 22.3. The van der Waals surface area contributed by atoms with E-state index in [-0.39, 0.29) is 0 Å². The minimum absolute atomic E-state index is 0.358. The second kappa shape index (κ2) is 9.40. The summed E-state index contributed by atoms with van der Waals surface area (Å²) in [6, 6.07) is 14.4. The lowest BCUT2D eigenvalue weighted by Crippen LogP contribution is -1.99. The minimum atomic E-state index is 0.358. The third-order valence-electron chi connectivity index (χ3n) is 4.62. The van der Waals surface area contributed by atoms with Crippen molar-refractivity contribution in [1.82, 2.24) is 19.9 Å². The summed E-state index contributed by atoms with van der Waals surface area (Å²) in [5.41, 5.74) is 1.90.